The van der Waals surface area contributed by atoms with E-state index in [0.29, 0.717) is 31.6 Å². The zero-order valence-corrected chi connectivity index (χ0v) is 11.8. The molecular formula is C15H17N3O3. The molecule has 1 unspecified atom stereocenters. The van der Waals surface area contributed by atoms with Crippen LogP contribution in [0.2, 0.25) is 0 Å². The summed E-state index contributed by atoms with van der Waals surface area (Å²) in [6.07, 6.45) is 1.87. The molecule has 0 saturated heterocycles. The smallest absolute Gasteiger partial charge is 0.308 e. The van der Waals surface area contributed by atoms with E-state index in [9.17, 15) is 4.79 Å². The van der Waals surface area contributed by atoms with Crippen LogP contribution in [0.25, 0.3) is 0 Å². The zero-order chi connectivity index (χ0) is 14.8. The molecule has 0 saturated carbocycles. The van der Waals surface area contributed by atoms with E-state index < -0.39 is 5.97 Å². The predicted molar refractivity (Wildman–Crippen MR) is 75.3 cm³/mol. The number of fused-ring (bicyclic) bond motifs is 1. The average molecular weight is 287 g/mol. The summed E-state index contributed by atoms with van der Waals surface area (Å²) < 4.78 is 7.06. The first-order valence-corrected chi connectivity index (χ1v) is 6.94. The molecule has 6 nitrogen and oxygen atoms in total. The number of hydrogen-bond acceptors (Lipinski definition) is 4. The molecule has 0 fully saturated rings. The lowest BCUT2D eigenvalue weighted by atomic mass is 10.0. The second-order valence-corrected chi connectivity index (χ2v) is 5.19. The fourth-order valence-corrected chi connectivity index (χ4v) is 2.66. The number of hydrogen-bond donors (Lipinski definition) is 1. The van der Waals surface area contributed by atoms with E-state index in [0.717, 1.165) is 17.1 Å². The number of ether oxygens (including phenoxy) is 1. The number of aromatic nitrogens is 3. The van der Waals surface area contributed by atoms with Crippen molar-refractivity contribution in [1.82, 2.24) is 14.8 Å². The van der Waals surface area contributed by atoms with Gasteiger partial charge in [-0.3, -0.25) is 4.79 Å². The van der Waals surface area contributed by atoms with E-state index in [-0.39, 0.29) is 5.92 Å². The number of aliphatic carboxylic acids is 1. The Bertz CT molecular complexity index is 666. The molecule has 2 heterocycles. The Morgan fingerprint density at radius 3 is 3.05 bits per heavy atom. The lowest BCUT2D eigenvalue weighted by molar-refractivity contribution is -0.142. The third-order valence-corrected chi connectivity index (χ3v) is 3.79. The van der Waals surface area contributed by atoms with Gasteiger partial charge in [0.15, 0.2) is 5.82 Å². The number of nitrogens with zero attached hydrogens (tertiary/aromatic N) is 3. The van der Waals surface area contributed by atoms with Crippen molar-refractivity contribution in [2.75, 3.05) is 7.11 Å². The van der Waals surface area contributed by atoms with Gasteiger partial charge in [0.25, 0.3) is 0 Å². The Morgan fingerprint density at radius 2 is 2.29 bits per heavy atom. The summed E-state index contributed by atoms with van der Waals surface area (Å²) in [5.41, 5.74) is 1.03. The van der Waals surface area contributed by atoms with Crippen molar-refractivity contribution >= 4 is 5.97 Å². The first-order valence-electron chi connectivity index (χ1n) is 6.94. The van der Waals surface area contributed by atoms with Crippen LogP contribution in [0.5, 0.6) is 5.75 Å². The van der Waals surface area contributed by atoms with E-state index in [1.807, 2.05) is 24.3 Å². The fourth-order valence-electron chi connectivity index (χ4n) is 2.66. The summed E-state index contributed by atoms with van der Waals surface area (Å²) in [6, 6.07) is 7.77. The third-order valence-electron chi connectivity index (χ3n) is 3.79. The lowest BCUT2D eigenvalue weighted by Crippen LogP contribution is -2.27. The Balaban J connectivity index is 1.81. The summed E-state index contributed by atoms with van der Waals surface area (Å²) in [4.78, 5) is 15.6. The molecule has 21 heavy (non-hydrogen) atoms. The molecule has 0 radical (unpaired) electrons. The SMILES string of the molecule is COc1ccccc1Cc1nc2n(n1)CC(C(=O)O)CC2. The molecule has 1 atom stereocenters. The second kappa shape index (κ2) is 5.55. The first kappa shape index (κ1) is 13.6. The van der Waals surface area contributed by atoms with E-state index >= 15 is 0 Å². The van der Waals surface area contributed by atoms with Crippen molar-refractivity contribution in [3.63, 3.8) is 0 Å². The monoisotopic (exact) mass is 287 g/mol. The minimum atomic E-state index is -0.762. The van der Waals surface area contributed by atoms with Gasteiger partial charge in [0, 0.05) is 18.4 Å². The summed E-state index contributed by atoms with van der Waals surface area (Å²) in [5.74, 6) is 1.27. The normalized spacial score (nSPS) is 17.3. The molecule has 1 N–H and O–H groups in total. The number of carbonyl (C=O) groups is 1. The van der Waals surface area contributed by atoms with Crippen LogP contribution in [-0.2, 0) is 24.2 Å². The molecule has 0 amide bonds. The van der Waals surface area contributed by atoms with Crippen LogP contribution in [0.4, 0.5) is 0 Å². The van der Waals surface area contributed by atoms with Gasteiger partial charge in [-0.1, -0.05) is 18.2 Å². The van der Waals surface area contributed by atoms with Crippen LogP contribution in [0.1, 0.15) is 23.6 Å². The highest BCUT2D eigenvalue weighted by Gasteiger charge is 2.26. The molecule has 6 heteroatoms. The van der Waals surface area contributed by atoms with Crippen LogP contribution in [0.15, 0.2) is 24.3 Å². The van der Waals surface area contributed by atoms with Gasteiger partial charge in [-0.15, -0.1) is 0 Å². The van der Waals surface area contributed by atoms with Crippen molar-refractivity contribution < 1.29 is 14.6 Å². The highest BCUT2D eigenvalue weighted by molar-refractivity contribution is 5.70. The maximum absolute atomic E-state index is 11.1. The molecule has 0 bridgehead atoms. The third kappa shape index (κ3) is 2.74. The van der Waals surface area contributed by atoms with Crippen molar-refractivity contribution in [2.45, 2.75) is 25.8 Å². The average Bonchev–Trinajstić information content (AvgIpc) is 2.89. The molecule has 0 spiro atoms. The topological polar surface area (TPSA) is 77.2 Å². The molecule has 1 aromatic carbocycles. The summed E-state index contributed by atoms with van der Waals surface area (Å²) in [5, 5.41) is 13.5. The minimum absolute atomic E-state index is 0.363. The molecule has 1 aliphatic heterocycles. The summed E-state index contributed by atoms with van der Waals surface area (Å²) in [7, 11) is 1.64. The largest absolute Gasteiger partial charge is 0.496 e. The van der Waals surface area contributed by atoms with Crippen LogP contribution in [0, 0.1) is 5.92 Å². The molecule has 3 rings (SSSR count). The highest BCUT2D eigenvalue weighted by Crippen LogP contribution is 2.22. The summed E-state index contributed by atoms with van der Waals surface area (Å²) >= 11 is 0. The van der Waals surface area contributed by atoms with E-state index in [4.69, 9.17) is 9.84 Å². The number of methoxy groups -OCH3 is 1. The van der Waals surface area contributed by atoms with Gasteiger partial charge in [-0.2, -0.15) is 5.10 Å². The molecule has 1 aliphatic rings. The van der Waals surface area contributed by atoms with Gasteiger partial charge in [-0.25, -0.2) is 9.67 Å². The number of carboxylic acids is 1. The van der Waals surface area contributed by atoms with E-state index in [1.54, 1.807) is 11.8 Å². The van der Waals surface area contributed by atoms with Crippen molar-refractivity contribution in [2.24, 2.45) is 5.92 Å². The maximum Gasteiger partial charge on any atom is 0.308 e. The van der Waals surface area contributed by atoms with E-state index in [1.165, 1.54) is 0 Å². The van der Waals surface area contributed by atoms with Crippen molar-refractivity contribution in [3.05, 3.63) is 41.5 Å². The quantitative estimate of drug-likeness (QED) is 0.922. The Kier molecular flexibility index (Phi) is 3.60. The lowest BCUT2D eigenvalue weighted by Gasteiger charge is -2.18. The Hall–Kier alpha value is -2.37. The number of benzene rings is 1. The molecule has 1 aromatic heterocycles. The van der Waals surface area contributed by atoms with Crippen LogP contribution >= 0.6 is 0 Å². The molecule has 0 aliphatic carbocycles. The number of carboxylic acid groups (broad SMARTS) is 1. The van der Waals surface area contributed by atoms with Crippen molar-refractivity contribution in [1.29, 1.82) is 0 Å². The van der Waals surface area contributed by atoms with Gasteiger partial charge in [-0.05, 0) is 12.5 Å². The van der Waals surface area contributed by atoms with Gasteiger partial charge in [0.05, 0.1) is 19.6 Å². The minimum Gasteiger partial charge on any atom is -0.496 e. The molecular weight excluding hydrogens is 270 g/mol. The van der Waals surface area contributed by atoms with Crippen LogP contribution in [0.3, 0.4) is 0 Å². The van der Waals surface area contributed by atoms with E-state index in [2.05, 4.69) is 10.1 Å². The van der Waals surface area contributed by atoms with Gasteiger partial charge >= 0.3 is 5.97 Å². The highest BCUT2D eigenvalue weighted by atomic mass is 16.5. The fraction of sp³-hybridized carbons (Fsp3) is 0.400. The number of rotatable bonds is 4. The molecule has 110 valence electrons. The van der Waals surface area contributed by atoms with Gasteiger partial charge in [0.2, 0.25) is 0 Å². The standard InChI is InChI=1S/C15H17N3O3/c1-21-12-5-3-2-4-10(12)8-13-16-14-7-6-11(15(19)20)9-18(14)17-13/h2-5,11H,6-9H2,1H3,(H,19,20). The summed E-state index contributed by atoms with van der Waals surface area (Å²) in [6.45, 7) is 0.406. The van der Waals surface area contributed by atoms with Crippen molar-refractivity contribution in [3.8, 4) is 5.75 Å². The number of para-hydroxylation sites is 1. The van der Waals surface area contributed by atoms with Crippen LogP contribution < -0.4 is 4.74 Å². The Morgan fingerprint density at radius 1 is 1.48 bits per heavy atom. The number of aryl methyl sites for hydroxylation is 1. The van der Waals surface area contributed by atoms with Crippen LogP contribution in [-0.4, -0.2) is 33.0 Å². The molecule has 2 aromatic rings. The Labute approximate surface area is 122 Å². The zero-order valence-electron chi connectivity index (χ0n) is 11.8. The van der Waals surface area contributed by atoms with Gasteiger partial charge in [0.1, 0.15) is 11.6 Å². The second-order valence-electron chi connectivity index (χ2n) is 5.19. The first-order chi connectivity index (χ1) is 10.2. The predicted octanol–water partition coefficient (Wildman–Crippen LogP) is 1.52. The van der Waals surface area contributed by atoms with Gasteiger partial charge < -0.3 is 9.84 Å². The maximum atomic E-state index is 11.1.